The van der Waals surface area contributed by atoms with Gasteiger partial charge in [-0.3, -0.25) is 4.79 Å². The molecule has 0 aromatic heterocycles. The molecule has 0 bridgehead atoms. The van der Waals surface area contributed by atoms with Gasteiger partial charge in [0, 0.05) is 36.4 Å². The Hall–Kier alpha value is -1.55. The molecule has 0 spiro atoms. The number of fused-ring (bicyclic) bond motifs is 1. The molecule has 114 valence electrons. The van der Waals surface area contributed by atoms with Gasteiger partial charge in [-0.15, -0.1) is 0 Å². The molecule has 0 aliphatic carbocycles. The first-order valence-corrected chi connectivity index (χ1v) is 8.02. The number of nitrogens with zero attached hydrogens (tertiary/aromatic N) is 1. The number of nitrogens with one attached hydrogen (secondary N) is 2. The van der Waals surface area contributed by atoms with E-state index in [4.69, 9.17) is 0 Å². The molecule has 2 unspecified atom stereocenters. The van der Waals surface area contributed by atoms with Gasteiger partial charge in [-0.1, -0.05) is 6.07 Å². The Morgan fingerprint density at radius 3 is 3.10 bits per heavy atom. The smallest absolute Gasteiger partial charge is 0.251 e. The van der Waals surface area contributed by atoms with Crippen LogP contribution in [0.25, 0.3) is 0 Å². The maximum absolute atomic E-state index is 12.6. The first-order chi connectivity index (χ1) is 10.1. The number of piperidine rings is 1. The second kappa shape index (κ2) is 6.06. The van der Waals surface area contributed by atoms with Gasteiger partial charge in [-0.2, -0.15) is 0 Å². The summed E-state index contributed by atoms with van der Waals surface area (Å²) in [5.74, 6) is 0.0947. The quantitative estimate of drug-likeness (QED) is 0.877. The van der Waals surface area contributed by atoms with Crippen LogP contribution in [0.3, 0.4) is 0 Å². The molecule has 2 atom stereocenters. The van der Waals surface area contributed by atoms with Gasteiger partial charge in [0.15, 0.2) is 0 Å². The number of carbonyl (C=O) groups is 1. The highest BCUT2D eigenvalue weighted by atomic mass is 16.1. The zero-order chi connectivity index (χ0) is 14.8. The minimum absolute atomic E-state index is 0.0947. The van der Waals surface area contributed by atoms with Crippen molar-refractivity contribution in [3.63, 3.8) is 0 Å². The van der Waals surface area contributed by atoms with Gasteiger partial charge in [0.2, 0.25) is 0 Å². The average Bonchev–Trinajstić information content (AvgIpc) is 2.50. The third-order valence-electron chi connectivity index (χ3n) is 4.88. The van der Waals surface area contributed by atoms with Crippen molar-refractivity contribution in [1.29, 1.82) is 0 Å². The third-order valence-corrected chi connectivity index (χ3v) is 4.88. The van der Waals surface area contributed by atoms with Crippen molar-refractivity contribution in [1.82, 2.24) is 10.2 Å². The lowest BCUT2D eigenvalue weighted by atomic mass is 9.95. The molecule has 1 aromatic carbocycles. The Balaban J connectivity index is 1.71. The van der Waals surface area contributed by atoms with Gasteiger partial charge in [0.25, 0.3) is 5.91 Å². The van der Waals surface area contributed by atoms with E-state index >= 15 is 0 Å². The van der Waals surface area contributed by atoms with Crippen LogP contribution in [0.15, 0.2) is 18.2 Å². The Bertz CT molecular complexity index is 529. The molecule has 1 saturated heterocycles. The van der Waals surface area contributed by atoms with Crippen LogP contribution in [0, 0.1) is 0 Å². The lowest BCUT2D eigenvalue weighted by Gasteiger charge is -2.35. The third kappa shape index (κ3) is 3.05. The topological polar surface area (TPSA) is 44.4 Å². The van der Waals surface area contributed by atoms with Gasteiger partial charge in [-0.25, -0.2) is 0 Å². The van der Waals surface area contributed by atoms with Crippen LogP contribution >= 0.6 is 0 Å². The number of likely N-dealkylation sites (tertiary alicyclic amines) is 1. The van der Waals surface area contributed by atoms with Gasteiger partial charge in [-0.05, 0) is 57.4 Å². The SMILES string of the molecule is CC1CC(NC(=O)c2cccc3c2CCCN3)CCN1C. The number of rotatable bonds is 2. The summed E-state index contributed by atoms with van der Waals surface area (Å²) in [7, 11) is 2.15. The molecular formula is C17H25N3O. The summed E-state index contributed by atoms with van der Waals surface area (Å²) in [5, 5.41) is 6.63. The lowest BCUT2D eigenvalue weighted by molar-refractivity contribution is 0.0895. The van der Waals surface area contributed by atoms with Crippen LogP contribution in [-0.2, 0) is 6.42 Å². The standard InChI is InChI=1S/C17H25N3O/c1-12-11-13(8-10-20(12)2)19-17(21)15-5-3-7-16-14(15)6-4-9-18-16/h3,5,7,12-13,18H,4,6,8-11H2,1-2H3,(H,19,21). The molecule has 21 heavy (non-hydrogen) atoms. The van der Waals surface area contributed by atoms with E-state index in [0.29, 0.717) is 12.1 Å². The van der Waals surface area contributed by atoms with E-state index in [-0.39, 0.29) is 5.91 Å². The molecule has 1 fully saturated rings. The predicted octanol–water partition coefficient (Wildman–Crippen LogP) is 2.26. The van der Waals surface area contributed by atoms with Gasteiger partial charge >= 0.3 is 0 Å². The van der Waals surface area contributed by atoms with Crippen molar-refractivity contribution in [2.75, 3.05) is 25.5 Å². The Labute approximate surface area is 126 Å². The largest absolute Gasteiger partial charge is 0.385 e. The van der Waals surface area contributed by atoms with Crippen molar-refractivity contribution in [3.05, 3.63) is 29.3 Å². The van der Waals surface area contributed by atoms with Crippen molar-refractivity contribution >= 4 is 11.6 Å². The van der Waals surface area contributed by atoms with E-state index in [1.807, 2.05) is 12.1 Å². The average molecular weight is 287 g/mol. The monoisotopic (exact) mass is 287 g/mol. The summed E-state index contributed by atoms with van der Waals surface area (Å²) >= 11 is 0. The summed E-state index contributed by atoms with van der Waals surface area (Å²) in [6.07, 6.45) is 4.17. The fourth-order valence-corrected chi connectivity index (χ4v) is 3.41. The number of hydrogen-bond acceptors (Lipinski definition) is 3. The number of carbonyl (C=O) groups excluding carboxylic acids is 1. The zero-order valence-electron chi connectivity index (χ0n) is 13.0. The number of amides is 1. The minimum Gasteiger partial charge on any atom is -0.385 e. The van der Waals surface area contributed by atoms with E-state index < -0.39 is 0 Å². The summed E-state index contributed by atoms with van der Waals surface area (Å²) in [6, 6.07) is 6.85. The van der Waals surface area contributed by atoms with E-state index in [1.165, 1.54) is 5.56 Å². The molecule has 1 amide bonds. The molecule has 4 nitrogen and oxygen atoms in total. The molecule has 4 heteroatoms. The number of hydrogen-bond donors (Lipinski definition) is 2. The lowest BCUT2D eigenvalue weighted by Crippen LogP contribution is -2.47. The molecular weight excluding hydrogens is 262 g/mol. The van der Waals surface area contributed by atoms with E-state index in [2.05, 4.69) is 35.6 Å². The Morgan fingerprint density at radius 1 is 1.43 bits per heavy atom. The number of benzene rings is 1. The first kappa shape index (κ1) is 14.4. The molecule has 0 saturated carbocycles. The van der Waals surface area contributed by atoms with Crippen LogP contribution in [0.1, 0.15) is 42.1 Å². The van der Waals surface area contributed by atoms with Gasteiger partial charge in [0.05, 0.1) is 0 Å². The Kier molecular flexibility index (Phi) is 4.15. The summed E-state index contributed by atoms with van der Waals surface area (Å²) in [6.45, 7) is 4.29. The highest BCUT2D eigenvalue weighted by Crippen LogP contribution is 2.25. The van der Waals surface area contributed by atoms with Crippen molar-refractivity contribution in [3.8, 4) is 0 Å². The molecule has 0 radical (unpaired) electrons. The summed E-state index contributed by atoms with van der Waals surface area (Å²) < 4.78 is 0. The zero-order valence-corrected chi connectivity index (χ0v) is 13.0. The second-order valence-corrected chi connectivity index (χ2v) is 6.39. The molecule has 3 rings (SSSR count). The fourth-order valence-electron chi connectivity index (χ4n) is 3.41. The van der Waals surface area contributed by atoms with E-state index in [1.54, 1.807) is 0 Å². The van der Waals surface area contributed by atoms with Crippen molar-refractivity contribution < 1.29 is 4.79 Å². The molecule has 2 aliphatic rings. The predicted molar refractivity (Wildman–Crippen MR) is 85.8 cm³/mol. The normalized spacial score (nSPS) is 25.8. The van der Waals surface area contributed by atoms with Crippen LogP contribution < -0.4 is 10.6 Å². The van der Waals surface area contributed by atoms with Gasteiger partial charge < -0.3 is 15.5 Å². The molecule has 2 aliphatic heterocycles. The number of anilines is 1. The van der Waals surface area contributed by atoms with Crippen LogP contribution in [0.2, 0.25) is 0 Å². The molecule has 2 N–H and O–H groups in total. The maximum atomic E-state index is 12.6. The van der Waals surface area contributed by atoms with Crippen LogP contribution in [0.5, 0.6) is 0 Å². The highest BCUT2D eigenvalue weighted by Gasteiger charge is 2.25. The molecule has 2 heterocycles. The van der Waals surface area contributed by atoms with Crippen LogP contribution in [0.4, 0.5) is 5.69 Å². The fraction of sp³-hybridized carbons (Fsp3) is 0.588. The van der Waals surface area contributed by atoms with Gasteiger partial charge in [0.1, 0.15) is 0 Å². The minimum atomic E-state index is 0.0947. The second-order valence-electron chi connectivity index (χ2n) is 6.39. The maximum Gasteiger partial charge on any atom is 0.251 e. The van der Waals surface area contributed by atoms with E-state index in [9.17, 15) is 4.79 Å². The van der Waals surface area contributed by atoms with E-state index in [0.717, 1.165) is 50.0 Å². The first-order valence-electron chi connectivity index (χ1n) is 8.02. The Morgan fingerprint density at radius 2 is 2.29 bits per heavy atom. The summed E-state index contributed by atoms with van der Waals surface area (Å²) in [5.41, 5.74) is 3.17. The molecule has 1 aromatic rings. The van der Waals surface area contributed by atoms with Crippen LogP contribution in [-0.4, -0.2) is 43.0 Å². The summed E-state index contributed by atoms with van der Waals surface area (Å²) in [4.78, 5) is 15.0. The highest BCUT2D eigenvalue weighted by molar-refractivity contribution is 5.97. The van der Waals surface area contributed by atoms with Crippen molar-refractivity contribution in [2.24, 2.45) is 0 Å². The van der Waals surface area contributed by atoms with Crippen molar-refractivity contribution in [2.45, 2.75) is 44.7 Å².